The van der Waals surface area contributed by atoms with Crippen LogP contribution in [0.2, 0.25) is 0 Å². The highest BCUT2D eigenvalue weighted by Gasteiger charge is 2.09. The number of nitrogens with zero attached hydrogens (tertiary/aromatic N) is 1. The zero-order valence-corrected chi connectivity index (χ0v) is 9.89. The molecule has 4 nitrogen and oxygen atoms in total. The van der Waals surface area contributed by atoms with Crippen LogP contribution in [0, 0.1) is 16.7 Å². The van der Waals surface area contributed by atoms with E-state index in [-0.39, 0.29) is 5.91 Å². The summed E-state index contributed by atoms with van der Waals surface area (Å²) in [6.45, 7) is 8.12. The molecule has 0 heterocycles. The smallest absolute Gasteiger partial charge is 0.233 e. The lowest BCUT2D eigenvalue weighted by molar-refractivity contribution is -0.120. The average molecular weight is 211 g/mol. The molecule has 0 saturated carbocycles. The van der Waals surface area contributed by atoms with E-state index in [1.165, 1.54) is 0 Å². The van der Waals surface area contributed by atoms with Crippen molar-refractivity contribution in [2.75, 3.05) is 19.6 Å². The molecule has 0 aliphatic carbocycles. The molecular weight excluding hydrogens is 190 g/mol. The first-order valence-electron chi connectivity index (χ1n) is 5.30. The first-order valence-corrected chi connectivity index (χ1v) is 5.30. The van der Waals surface area contributed by atoms with E-state index < -0.39 is 0 Å². The minimum absolute atomic E-state index is 0.0424. The lowest BCUT2D eigenvalue weighted by atomic mass is 9.92. The van der Waals surface area contributed by atoms with Crippen molar-refractivity contribution in [2.24, 2.45) is 5.41 Å². The molecule has 0 rings (SSSR count). The van der Waals surface area contributed by atoms with E-state index in [1.54, 1.807) is 0 Å². The van der Waals surface area contributed by atoms with E-state index in [9.17, 15) is 4.79 Å². The molecule has 0 saturated heterocycles. The maximum atomic E-state index is 11.2. The van der Waals surface area contributed by atoms with Crippen LogP contribution in [0.3, 0.4) is 0 Å². The van der Waals surface area contributed by atoms with Gasteiger partial charge in [-0.3, -0.25) is 4.79 Å². The molecule has 0 aliphatic rings. The van der Waals surface area contributed by atoms with Gasteiger partial charge in [0.15, 0.2) is 0 Å². The number of hydrogen-bond donors (Lipinski definition) is 2. The van der Waals surface area contributed by atoms with Crippen LogP contribution in [0.5, 0.6) is 0 Å². The Balaban J connectivity index is 3.36. The molecule has 2 N–H and O–H groups in total. The topological polar surface area (TPSA) is 64.9 Å². The van der Waals surface area contributed by atoms with Gasteiger partial charge in [0.05, 0.1) is 19.0 Å². The monoisotopic (exact) mass is 211 g/mol. The molecule has 0 spiro atoms. The molecule has 0 fully saturated rings. The summed E-state index contributed by atoms with van der Waals surface area (Å²) < 4.78 is 0. The van der Waals surface area contributed by atoms with Gasteiger partial charge in [0.25, 0.3) is 0 Å². The second-order valence-corrected chi connectivity index (χ2v) is 4.75. The van der Waals surface area contributed by atoms with Gasteiger partial charge in [-0.25, -0.2) is 0 Å². The van der Waals surface area contributed by atoms with Crippen LogP contribution in [0.25, 0.3) is 0 Å². The minimum atomic E-state index is -0.0424. The molecule has 0 aromatic carbocycles. The SMILES string of the molecule is CC(C)(C)CCNCC(=O)NCCC#N. The maximum Gasteiger partial charge on any atom is 0.233 e. The Morgan fingerprint density at radius 1 is 1.33 bits per heavy atom. The Hall–Kier alpha value is -1.08. The first kappa shape index (κ1) is 13.9. The molecule has 15 heavy (non-hydrogen) atoms. The van der Waals surface area contributed by atoms with Crippen LogP contribution in [-0.2, 0) is 4.79 Å². The molecule has 86 valence electrons. The molecule has 0 unspecified atom stereocenters. The second-order valence-electron chi connectivity index (χ2n) is 4.75. The molecule has 0 aromatic rings. The van der Waals surface area contributed by atoms with Crippen LogP contribution >= 0.6 is 0 Å². The van der Waals surface area contributed by atoms with Crippen LogP contribution in [0.15, 0.2) is 0 Å². The Labute approximate surface area is 92.0 Å². The third-order valence-electron chi connectivity index (χ3n) is 1.90. The van der Waals surface area contributed by atoms with Gasteiger partial charge in [-0.05, 0) is 18.4 Å². The van der Waals surface area contributed by atoms with Gasteiger partial charge in [0.1, 0.15) is 0 Å². The van der Waals surface area contributed by atoms with E-state index in [4.69, 9.17) is 5.26 Å². The predicted molar refractivity (Wildman–Crippen MR) is 60.2 cm³/mol. The molecule has 0 atom stereocenters. The summed E-state index contributed by atoms with van der Waals surface area (Å²) in [5, 5.41) is 14.0. The molecule has 0 aliphatic heterocycles. The summed E-state index contributed by atoms with van der Waals surface area (Å²) in [5.74, 6) is -0.0424. The van der Waals surface area contributed by atoms with Crippen molar-refractivity contribution in [3.8, 4) is 6.07 Å². The number of hydrogen-bond acceptors (Lipinski definition) is 3. The molecule has 1 amide bonds. The van der Waals surface area contributed by atoms with Crippen LogP contribution in [0.1, 0.15) is 33.6 Å². The van der Waals surface area contributed by atoms with E-state index >= 15 is 0 Å². The summed E-state index contributed by atoms with van der Waals surface area (Å²) in [6.07, 6.45) is 1.41. The lowest BCUT2D eigenvalue weighted by Crippen LogP contribution is -2.35. The molecule has 0 radical (unpaired) electrons. The lowest BCUT2D eigenvalue weighted by Gasteiger charge is -2.17. The predicted octanol–water partition coefficient (Wildman–Crippen LogP) is 1.04. The van der Waals surface area contributed by atoms with Gasteiger partial charge in [0.2, 0.25) is 5.91 Å². The number of carbonyl (C=O) groups is 1. The third kappa shape index (κ3) is 10.8. The summed E-state index contributed by atoms with van der Waals surface area (Å²) in [5.41, 5.74) is 0.296. The van der Waals surface area contributed by atoms with Crippen LogP contribution in [-0.4, -0.2) is 25.5 Å². The minimum Gasteiger partial charge on any atom is -0.354 e. The Morgan fingerprint density at radius 2 is 2.00 bits per heavy atom. The highest BCUT2D eigenvalue weighted by Crippen LogP contribution is 2.16. The molecule has 4 heteroatoms. The van der Waals surface area contributed by atoms with Gasteiger partial charge in [-0.15, -0.1) is 0 Å². The molecule has 0 aromatic heterocycles. The summed E-state index contributed by atoms with van der Waals surface area (Å²) in [4.78, 5) is 11.2. The van der Waals surface area contributed by atoms with Crippen molar-refractivity contribution in [3.63, 3.8) is 0 Å². The second kappa shape index (κ2) is 7.24. The van der Waals surface area contributed by atoms with Gasteiger partial charge >= 0.3 is 0 Å². The zero-order valence-electron chi connectivity index (χ0n) is 9.89. The number of carbonyl (C=O) groups excluding carboxylic acids is 1. The number of rotatable bonds is 6. The van der Waals surface area contributed by atoms with Gasteiger partial charge in [-0.2, -0.15) is 5.26 Å². The summed E-state index contributed by atoms with van der Waals surface area (Å²) in [7, 11) is 0. The normalized spacial score (nSPS) is 10.8. The average Bonchev–Trinajstić information content (AvgIpc) is 2.11. The fourth-order valence-corrected chi connectivity index (χ4v) is 0.986. The van der Waals surface area contributed by atoms with Gasteiger partial charge < -0.3 is 10.6 Å². The largest absolute Gasteiger partial charge is 0.354 e. The number of amides is 1. The molecule has 0 bridgehead atoms. The van der Waals surface area contributed by atoms with Crippen LogP contribution < -0.4 is 10.6 Å². The van der Waals surface area contributed by atoms with Crippen molar-refractivity contribution in [1.29, 1.82) is 5.26 Å². The Bertz CT molecular complexity index is 225. The Kier molecular flexibility index (Phi) is 6.72. The van der Waals surface area contributed by atoms with Crippen molar-refractivity contribution in [1.82, 2.24) is 10.6 Å². The van der Waals surface area contributed by atoms with Crippen molar-refractivity contribution in [2.45, 2.75) is 33.6 Å². The third-order valence-corrected chi connectivity index (χ3v) is 1.90. The number of nitriles is 1. The van der Waals surface area contributed by atoms with Crippen molar-refractivity contribution < 1.29 is 4.79 Å². The Morgan fingerprint density at radius 3 is 2.53 bits per heavy atom. The molecular formula is C11H21N3O. The van der Waals surface area contributed by atoms with E-state index in [2.05, 4.69) is 31.4 Å². The summed E-state index contributed by atoms with van der Waals surface area (Å²) >= 11 is 0. The quantitative estimate of drug-likeness (QED) is 0.645. The van der Waals surface area contributed by atoms with E-state index in [0.29, 0.717) is 24.9 Å². The van der Waals surface area contributed by atoms with Gasteiger partial charge in [0, 0.05) is 6.54 Å². The van der Waals surface area contributed by atoms with Crippen molar-refractivity contribution >= 4 is 5.91 Å². The van der Waals surface area contributed by atoms with Crippen molar-refractivity contribution in [3.05, 3.63) is 0 Å². The van der Waals surface area contributed by atoms with E-state index in [0.717, 1.165) is 13.0 Å². The number of nitrogens with one attached hydrogen (secondary N) is 2. The highest BCUT2D eigenvalue weighted by atomic mass is 16.1. The highest BCUT2D eigenvalue weighted by molar-refractivity contribution is 5.77. The van der Waals surface area contributed by atoms with Gasteiger partial charge in [-0.1, -0.05) is 20.8 Å². The van der Waals surface area contributed by atoms with E-state index in [1.807, 2.05) is 6.07 Å². The maximum absolute atomic E-state index is 11.2. The first-order chi connectivity index (χ1) is 6.95. The fraction of sp³-hybridized carbons (Fsp3) is 0.818. The zero-order chi connectivity index (χ0) is 11.7. The fourth-order valence-electron chi connectivity index (χ4n) is 0.986. The van der Waals surface area contributed by atoms with Crippen LogP contribution in [0.4, 0.5) is 0 Å². The standard InChI is InChI=1S/C11H21N3O/c1-11(2,3)5-8-13-9-10(15)14-7-4-6-12/h13H,4-5,7-9H2,1-3H3,(H,14,15). The summed E-state index contributed by atoms with van der Waals surface area (Å²) in [6, 6.07) is 1.98.